The predicted octanol–water partition coefficient (Wildman–Crippen LogP) is 0.419. The molecule has 0 spiro atoms. The van der Waals surface area contributed by atoms with Gasteiger partial charge in [0.05, 0.1) is 5.11 Å². The van der Waals surface area contributed by atoms with E-state index in [4.69, 9.17) is 0 Å². The summed E-state index contributed by atoms with van der Waals surface area (Å²) in [7, 11) is 1.75. The molecule has 0 aliphatic carbocycles. The zero-order valence-electron chi connectivity index (χ0n) is 3.50. The molecule has 1 heterocycles. The van der Waals surface area contributed by atoms with Gasteiger partial charge < -0.3 is 0 Å². The largest absolute Gasteiger partial charge is 0.286 e. The van der Waals surface area contributed by atoms with Crippen LogP contribution in [-0.4, -0.2) is 18.5 Å². The van der Waals surface area contributed by atoms with Crippen LogP contribution in [-0.2, 0) is 0 Å². The maximum absolute atomic E-state index is 3.74. The Balaban J connectivity index is 2.68. The van der Waals surface area contributed by atoms with Crippen molar-refractivity contribution in [1.82, 2.24) is 0 Å². The molecule has 0 saturated carbocycles. The van der Waals surface area contributed by atoms with Crippen molar-refractivity contribution < 1.29 is 4.81 Å². The SMILES string of the molecule is C[N+]1=NCN=N1. The van der Waals surface area contributed by atoms with Crippen molar-refractivity contribution in [3.8, 4) is 0 Å². The quantitative estimate of drug-likeness (QED) is 0.382. The van der Waals surface area contributed by atoms with Crippen molar-refractivity contribution in [2.24, 2.45) is 15.5 Å². The lowest BCUT2D eigenvalue weighted by Gasteiger charge is -1.64. The molecule has 4 nitrogen and oxygen atoms in total. The molecule has 0 unspecified atom stereocenters. The highest BCUT2D eigenvalue weighted by Gasteiger charge is 1.98. The van der Waals surface area contributed by atoms with E-state index in [2.05, 4.69) is 15.5 Å². The lowest BCUT2D eigenvalue weighted by molar-refractivity contribution is -0.569. The molecule has 0 aromatic heterocycles. The summed E-state index contributed by atoms with van der Waals surface area (Å²) in [5, 5.41) is 10.8. The number of nitrogens with zero attached hydrogens (tertiary/aromatic N) is 4. The first-order chi connectivity index (χ1) is 2.89. The van der Waals surface area contributed by atoms with Crippen LogP contribution in [0, 0.1) is 0 Å². The van der Waals surface area contributed by atoms with Gasteiger partial charge in [-0.1, -0.05) is 0 Å². The summed E-state index contributed by atoms with van der Waals surface area (Å²) in [5.41, 5.74) is 0. The molecule has 32 valence electrons. The highest BCUT2D eigenvalue weighted by Crippen LogP contribution is 1.87. The van der Waals surface area contributed by atoms with Crippen LogP contribution in [0.1, 0.15) is 0 Å². The van der Waals surface area contributed by atoms with E-state index in [0.717, 1.165) is 0 Å². The van der Waals surface area contributed by atoms with Crippen LogP contribution in [0.15, 0.2) is 15.5 Å². The first kappa shape index (κ1) is 3.39. The normalized spacial score (nSPS) is 18.5. The molecule has 0 fully saturated rings. The van der Waals surface area contributed by atoms with E-state index < -0.39 is 0 Å². The molecule has 6 heavy (non-hydrogen) atoms. The fourth-order valence-corrected chi connectivity index (χ4v) is 0.268. The van der Waals surface area contributed by atoms with Crippen molar-refractivity contribution in [2.45, 2.75) is 0 Å². The highest BCUT2D eigenvalue weighted by atomic mass is 15.6. The maximum atomic E-state index is 3.74. The van der Waals surface area contributed by atoms with E-state index in [-0.39, 0.29) is 0 Å². The molecule has 0 aromatic carbocycles. The van der Waals surface area contributed by atoms with Gasteiger partial charge in [-0.2, -0.15) is 0 Å². The molecular formula is C2H5N4+. The maximum Gasteiger partial charge on any atom is 0.286 e. The van der Waals surface area contributed by atoms with Crippen LogP contribution in [0.4, 0.5) is 0 Å². The molecule has 0 N–H and O–H groups in total. The molecule has 1 aliphatic heterocycles. The summed E-state index contributed by atoms with van der Waals surface area (Å²) in [6.07, 6.45) is 0. The summed E-state index contributed by atoms with van der Waals surface area (Å²) >= 11 is 0. The van der Waals surface area contributed by atoms with Gasteiger partial charge in [0.15, 0.2) is 5.22 Å². The van der Waals surface area contributed by atoms with Gasteiger partial charge in [-0.15, -0.1) is 0 Å². The first-order valence-corrected chi connectivity index (χ1v) is 1.68. The Labute approximate surface area is 35.2 Å². The van der Waals surface area contributed by atoms with Crippen LogP contribution in [0.2, 0.25) is 0 Å². The second-order valence-corrected chi connectivity index (χ2v) is 1.00. The second kappa shape index (κ2) is 1.12. The summed E-state index contributed by atoms with van der Waals surface area (Å²) in [4.78, 5) is 1.44. The summed E-state index contributed by atoms with van der Waals surface area (Å²) in [5.74, 6) is 0. The minimum atomic E-state index is 0.497. The van der Waals surface area contributed by atoms with E-state index in [9.17, 15) is 0 Å². The molecular weight excluding hydrogens is 80.1 g/mol. The third kappa shape index (κ3) is 0.403. The Morgan fingerprint density at radius 2 is 2.50 bits per heavy atom. The number of hydrogen-bond donors (Lipinski definition) is 0. The van der Waals surface area contributed by atoms with E-state index in [1.165, 1.54) is 4.81 Å². The zero-order valence-corrected chi connectivity index (χ0v) is 3.50. The van der Waals surface area contributed by atoms with Gasteiger partial charge in [0.1, 0.15) is 7.05 Å². The topological polar surface area (TPSA) is 40.1 Å². The van der Waals surface area contributed by atoms with Gasteiger partial charge in [0, 0.05) is 0 Å². The standard InChI is InChI=1S/C2H5N4/c1-6-4-2-3-5-6/h2H2,1H3/q+1. The third-order valence-corrected chi connectivity index (χ3v) is 0.524. The van der Waals surface area contributed by atoms with Crippen LogP contribution >= 0.6 is 0 Å². The smallest absolute Gasteiger partial charge is 0.0471 e. The third-order valence-electron chi connectivity index (χ3n) is 0.524. The highest BCUT2D eigenvalue weighted by molar-refractivity contribution is 4.19. The average molecular weight is 85.1 g/mol. The Kier molecular flexibility index (Phi) is 0.633. The van der Waals surface area contributed by atoms with Crippen molar-refractivity contribution in [3.05, 3.63) is 0 Å². The molecule has 0 aromatic rings. The molecule has 1 rings (SSSR count). The molecule has 1 aliphatic rings. The van der Waals surface area contributed by atoms with Gasteiger partial charge in [0.2, 0.25) is 0 Å². The van der Waals surface area contributed by atoms with Gasteiger partial charge >= 0.3 is 0 Å². The van der Waals surface area contributed by atoms with E-state index in [1.807, 2.05) is 0 Å². The molecule has 0 saturated heterocycles. The van der Waals surface area contributed by atoms with Gasteiger partial charge in [0.25, 0.3) is 6.67 Å². The van der Waals surface area contributed by atoms with E-state index in [0.29, 0.717) is 6.67 Å². The lowest BCUT2D eigenvalue weighted by atomic mass is 11.2. The van der Waals surface area contributed by atoms with Gasteiger partial charge in [-0.05, 0) is 9.92 Å². The molecule has 0 radical (unpaired) electrons. The molecule has 4 heteroatoms. The second-order valence-electron chi connectivity index (χ2n) is 1.00. The minimum absolute atomic E-state index is 0.497. The number of hydrogen-bond acceptors (Lipinski definition) is 3. The minimum Gasteiger partial charge on any atom is -0.0471 e. The Bertz CT molecular complexity index is 99.4. The van der Waals surface area contributed by atoms with Crippen molar-refractivity contribution in [1.29, 1.82) is 0 Å². The van der Waals surface area contributed by atoms with Crippen molar-refractivity contribution in [3.63, 3.8) is 0 Å². The summed E-state index contributed by atoms with van der Waals surface area (Å²) < 4.78 is 0. The number of rotatable bonds is 0. The van der Waals surface area contributed by atoms with Gasteiger partial charge in [-0.25, -0.2) is 0 Å². The average Bonchev–Trinajstić information content (AvgIpc) is 1.86. The Morgan fingerprint density at radius 3 is 2.67 bits per heavy atom. The first-order valence-electron chi connectivity index (χ1n) is 1.68. The van der Waals surface area contributed by atoms with Crippen LogP contribution in [0.5, 0.6) is 0 Å². The monoisotopic (exact) mass is 85.1 g/mol. The summed E-state index contributed by atoms with van der Waals surface area (Å²) in [6, 6.07) is 0. The van der Waals surface area contributed by atoms with Gasteiger partial charge in [-0.3, -0.25) is 0 Å². The van der Waals surface area contributed by atoms with E-state index in [1.54, 1.807) is 7.05 Å². The molecule has 0 atom stereocenters. The Hall–Kier alpha value is -0.800. The Morgan fingerprint density at radius 1 is 1.67 bits per heavy atom. The van der Waals surface area contributed by atoms with Crippen molar-refractivity contribution in [2.75, 3.05) is 13.7 Å². The van der Waals surface area contributed by atoms with E-state index >= 15 is 0 Å². The molecule has 0 amide bonds. The van der Waals surface area contributed by atoms with Crippen LogP contribution in [0.3, 0.4) is 0 Å². The number of azo groups is 1. The summed E-state index contributed by atoms with van der Waals surface area (Å²) in [6.45, 7) is 0.497. The van der Waals surface area contributed by atoms with Crippen LogP contribution < -0.4 is 0 Å². The molecule has 0 bridgehead atoms. The fraction of sp³-hybridized carbons (Fsp3) is 1.00. The van der Waals surface area contributed by atoms with Crippen LogP contribution in [0.25, 0.3) is 0 Å². The lowest BCUT2D eigenvalue weighted by Crippen LogP contribution is -1.82. The predicted molar refractivity (Wildman–Crippen MR) is 18.3 cm³/mol. The zero-order chi connectivity index (χ0) is 4.41. The fourth-order valence-electron chi connectivity index (χ4n) is 0.268. The van der Waals surface area contributed by atoms with Crippen molar-refractivity contribution >= 4 is 0 Å².